The molecule has 3 atom stereocenters. The smallest absolute Gasteiger partial charge is 0.240 e. The summed E-state index contributed by atoms with van der Waals surface area (Å²) in [7, 11) is 0.273. The molecule has 1 aliphatic rings. The van der Waals surface area contributed by atoms with Crippen LogP contribution in [-0.4, -0.2) is 76.4 Å². The zero-order valence-corrected chi connectivity index (χ0v) is 17.3. The van der Waals surface area contributed by atoms with Crippen molar-refractivity contribution in [3.8, 4) is 0 Å². The second-order valence-electron chi connectivity index (χ2n) is 7.31. The van der Waals surface area contributed by atoms with Gasteiger partial charge in [-0.2, -0.15) is 0 Å². The number of carbonyl (C=O) groups excluding carboxylic acids is 1. The summed E-state index contributed by atoms with van der Waals surface area (Å²) < 4.78 is 33.4. The van der Waals surface area contributed by atoms with Crippen LogP contribution >= 0.6 is 0 Å². The lowest BCUT2D eigenvalue weighted by Crippen LogP contribution is -2.51. The highest BCUT2D eigenvalue weighted by atomic mass is 32.2. The zero-order chi connectivity index (χ0) is 20.6. The molecule has 1 aromatic carbocycles. The van der Waals surface area contributed by atoms with Gasteiger partial charge in [0, 0.05) is 6.54 Å². The first kappa shape index (κ1) is 22.8. The van der Waals surface area contributed by atoms with Gasteiger partial charge in [0.05, 0.1) is 36.2 Å². The molecule has 1 saturated heterocycles. The molecule has 0 aliphatic carbocycles. The van der Waals surface area contributed by atoms with E-state index in [9.17, 15) is 18.3 Å². The number of carbonyl (C=O) groups is 1. The number of aliphatic hydroxyl groups excluding tert-OH is 1. The Hall–Kier alpha value is -1.52. The van der Waals surface area contributed by atoms with E-state index >= 15 is 0 Å². The molecule has 1 heterocycles. The first-order chi connectivity index (χ1) is 13.3. The monoisotopic (exact) mass is 413 g/mol. The molecule has 28 heavy (non-hydrogen) atoms. The third-order valence-electron chi connectivity index (χ3n) is 4.67. The van der Waals surface area contributed by atoms with Gasteiger partial charge in [-0.05, 0) is 52.0 Å². The molecule has 0 radical (unpaired) electrons. The van der Waals surface area contributed by atoms with E-state index < -0.39 is 22.2 Å². The van der Waals surface area contributed by atoms with Crippen LogP contribution in [0.5, 0.6) is 0 Å². The topological polar surface area (TPSA) is 108 Å². The van der Waals surface area contributed by atoms with Gasteiger partial charge in [0.1, 0.15) is 0 Å². The maximum atomic E-state index is 12.5. The van der Waals surface area contributed by atoms with Gasteiger partial charge >= 0.3 is 0 Å². The second kappa shape index (κ2) is 10.9. The number of hydrogen-bond acceptors (Lipinski definition) is 6. The van der Waals surface area contributed by atoms with Gasteiger partial charge < -0.3 is 20.1 Å². The van der Waals surface area contributed by atoms with Gasteiger partial charge in [0.2, 0.25) is 15.9 Å². The average Bonchev–Trinajstić information content (AvgIpc) is 2.67. The van der Waals surface area contributed by atoms with Crippen molar-refractivity contribution in [2.75, 3.05) is 33.8 Å². The van der Waals surface area contributed by atoms with E-state index in [2.05, 4.69) is 14.9 Å². The summed E-state index contributed by atoms with van der Waals surface area (Å²) in [5, 5.41) is 12.5. The Kier molecular flexibility index (Phi) is 8.84. The van der Waals surface area contributed by atoms with Gasteiger partial charge in [-0.1, -0.05) is 18.2 Å². The fourth-order valence-electron chi connectivity index (χ4n) is 3.19. The van der Waals surface area contributed by atoms with Gasteiger partial charge in [-0.15, -0.1) is 0 Å². The molecule has 1 amide bonds. The molecule has 1 aromatic rings. The van der Waals surface area contributed by atoms with Crippen molar-refractivity contribution in [1.29, 1.82) is 0 Å². The van der Waals surface area contributed by atoms with Crippen molar-refractivity contribution < 1.29 is 23.1 Å². The number of nitrogens with one attached hydrogen (secondary N) is 2. The molecule has 0 unspecified atom stereocenters. The fraction of sp³-hybridized carbons (Fsp3) is 0.632. The molecular formula is C19H31N3O5S. The Labute approximate surface area is 167 Å². The van der Waals surface area contributed by atoms with Crippen molar-refractivity contribution >= 4 is 15.9 Å². The number of benzene rings is 1. The first-order valence-electron chi connectivity index (χ1n) is 9.57. The maximum absolute atomic E-state index is 12.5. The highest BCUT2D eigenvalue weighted by Crippen LogP contribution is 2.23. The molecule has 0 aromatic heterocycles. The molecule has 0 bridgehead atoms. The van der Waals surface area contributed by atoms with E-state index in [0.29, 0.717) is 19.4 Å². The van der Waals surface area contributed by atoms with Gasteiger partial charge in [0.15, 0.2) is 0 Å². The number of nitrogens with zero attached hydrogens (tertiary/aromatic N) is 1. The van der Waals surface area contributed by atoms with Crippen LogP contribution < -0.4 is 10.0 Å². The highest BCUT2D eigenvalue weighted by Gasteiger charge is 2.34. The number of aliphatic hydroxyl groups is 1. The highest BCUT2D eigenvalue weighted by molar-refractivity contribution is 7.89. The van der Waals surface area contributed by atoms with Gasteiger partial charge in [-0.25, -0.2) is 13.1 Å². The Balaban J connectivity index is 1.83. The molecule has 1 aliphatic heterocycles. The van der Waals surface area contributed by atoms with Crippen LogP contribution in [0.15, 0.2) is 35.2 Å². The van der Waals surface area contributed by atoms with Crippen molar-refractivity contribution in [2.24, 2.45) is 0 Å². The Bertz CT molecular complexity index is 712. The van der Waals surface area contributed by atoms with E-state index in [1.54, 1.807) is 18.2 Å². The second-order valence-corrected chi connectivity index (χ2v) is 9.02. The molecule has 158 valence electrons. The molecule has 0 saturated carbocycles. The number of sulfonamides is 1. The lowest BCUT2D eigenvalue weighted by atomic mass is 9.98. The van der Waals surface area contributed by atoms with Gasteiger partial charge in [-0.3, -0.25) is 4.79 Å². The van der Waals surface area contributed by atoms with E-state index in [4.69, 9.17) is 4.74 Å². The molecule has 0 spiro atoms. The van der Waals surface area contributed by atoms with Crippen molar-refractivity contribution in [3.05, 3.63) is 30.3 Å². The Morgan fingerprint density at radius 1 is 1.25 bits per heavy atom. The van der Waals surface area contributed by atoms with Crippen molar-refractivity contribution in [3.63, 3.8) is 0 Å². The lowest BCUT2D eigenvalue weighted by molar-refractivity contribution is -0.130. The van der Waals surface area contributed by atoms with Crippen LogP contribution in [-0.2, 0) is 19.6 Å². The molecule has 3 N–H and O–H groups in total. The maximum Gasteiger partial charge on any atom is 0.240 e. The molecular weight excluding hydrogens is 382 g/mol. The predicted octanol–water partition coefficient (Wildman–Crippen LogP) is 0.331. The summed E-state index contributed by atoms with van der Waals surface area (Å²) in [4.78, 5) is 14.3. The van der Waals surface area contributed by atoms with E-state index in [1.165, 1.54) is 12.1 Å². The standard InChI is InChI=1S/C19H31N3O5S/c1-22(2)12-6-11-20-19(24)13-15-9-10-17(18(14-23)27-15)21-28(25,26)16-7-4-3-5-8-16/h3-5,7-8,15,17-18,21,23H,6,9-14H2,1-2H3,(H,20,24)/t15-,17+,18-/m1/s1. The summed E-state index contributed by atoms with van der Waals surface area (Å²) in [5.41, 5.74) is 0. The summed E-state index contributed by atoms with van der Waals surface area (Å²) in [6.45, 7) is 1.19. The average molecular weight is 414 g/mol. The minimum Gasteiger partial charge on any atom is -0.394 e. The number of amides is 1. The minimum absolute atomic E-state index is 0.0937. The van der Waals surface area contributed by atoms with Crippen LogP contribution in [0.25, 0.3) is 0 Å². The number of ether oxygens (including phenoxy) is 1. The lowest BCUT2D eigenvalue weighted by Gasteiger charge is -2.35. The predicted molar refractivity (Wildman–Crippen MR) is 106 cm³/mol. The van der Waals surface area contributed by atoms with E-state index in [-0.39, 0.29) is 29.9 Å². The third-order valence-corrected chi connectivity index (χ3v) is 6.18. The van der Waals surface area contributed by atoms with Gasteiger partial charge in [0.25, 0.3) is 0 Å². The summed E-state index contributed by atoms with van der Waals surface area (Å²) in [6.07, 6.45) is 1.10. The Morgan fingerprint density at radius 3 is 2.61 bits per heavy atom. The van der Waals surface area contributed by atoms with Crippen LogP contribution in [0.3, 0.4) is 0 Å². The van der Waals surface area contributed by atoms with Crippen LogP contribution in [0.1, 0.15) is 25.7 Å². The quantitative estimate of drug-likeness (QED) is 0.477. The van der Waals surface area contributed by atoms with E-state index in [1.807, 2.05) is 14.1 Å². The SMILES string of the molecule is CN(C)CCCNC(=O)C[C@H]1CC[C@H](NS(=O)(=O)c2ccccc2)[C@@H](CO)O1. The third kappa shape index (κ3) is 7.14. The molecule has 8 nitrogen and oxygen atoms in total. The summed E-state index contributed by atoms with van der Waals surface area (Å²) in [5.74, 6) is -0.0937. The molecule has 1 fully saturated rings. The fourth-order valence-corrected chi connectivity index (χ4v) is 4.51. The van der Waals surface area contributed by atoms with Crippen LogP contribution in [0, 0.1) is 0 Å². The Morgan fingerprint density at radius 2 is 1.96 bits per heavy atom. The zero-order valence-electron chi connectivity index (χ0n) is 16.5. The van der Waals surface area contributed by atoms with Crippen molar-refractivity contribution in [2.45, 2.75) is 48.8 Å². The first-order valence-corrected chi connectivity index (χ1v) is 11.0. The van der Waals surface area contributed by atoms with Crippen LogP contribution in [0.2, 0.25) is 0 Å². The van der Waals surface area contributed by atoms with E-state index in [0.717, 1.165) is 13.0 Å². The van der Waals surface area contributed by atoms with Crippen molar-refractivity contribution in [1.82, 2.24) is 14.9 Å². The summed E-state index contributed by atoms with van der Waals surface area (Å²) in [6, 6.07) is 7.56. The molecule has 2 rings (SSSR count). The number of hydrogen-bond donors (Lipinski definition) is 3. The largest absolute Gasteiger partial charge is 0.394 e. The number of rotatable bonds is 10. The summed E-state index contributed by atoms with van der Waals surface area (Å²) >= 11 is 0. The molecule has 9 heteroatoms. The normalized spacial score (nSPS) is 22.9. The minimum atomic E-state index is -3.69. The van der Waals surface area contributed by atoms with Crippen LogP contribution in [0.4, 0.5) is 0 Å².